The van der Waals surface area contributed by atoms with Gasteiger partial charge in [0.15, 0.2) is 0 Å². The second kappa shape index (κ2) is 11.3. The topological polar surface area (TPSA) is 85.8 Å². The van der Waals surface area contributed by atoms with E-state index in [1.807, 2.05) is 4.90 Å². The van der Waals surface area contributed by atoms with Gasteiger partial charge in [0.2, 0.25) is 5.91 Å². The molecular weight excluding hydrogens is 416 g/mol. The summed E-state index contributed by atoms with van der Waals surface area (Å²) in [5.41, 5.74) is 6.47. The third-order valence-electron chi connectivity index (χ3n) is 5.05. The fourth-order valence-corrected chi connectivity index (χ4v) is 3.57. The molecule has 1 aromatic heterocycles. The maximum atomic E-state index is 12.6. The molecule has 31 heavy (non-hydrogen) atoms. The summed E-state index contributed by atoms with van der Waals surface area (Å²) in [6.07, 6.45) is 5.86. The number of aromatic nitrogens is 1. The van der Waals surface area contributed by atoms with E-state index in [9.17, 15) is 9.59 Å². The lowest BCUT2D eigenvalue weighted by Gasteiger charge is -2.37. The lowest BCUT2D eigenvalue weighted by molar-refractivity contribution is -0.126. The van der Waals surface area contributed by atoms with Crippen LogP contribution in [0.3, 0.4) is 0 Å². The summed E-state index contributed by atoms with van der Waals surface area (Å²) >= 11 is 0. The maximum absolute atomic E-state index is 12.6. The van der Waals surface area contributed by atoms with E-state index in [4.69, 9.17) is 5.21 Å². The molecule has 8 heteroatoms. The molecule has 2 aromatic rings. The van der Waals surface area contributed by atoms with Crippen LogP contribution in [0.15, 0.2) is 48.6 Å². The number of halogens is 1. The fraction of sp³-hybridized carbons (Fsp3) is 0.261. The number of anilines is 1. The lowest BCUT2D eigenvalue weighted by Crippen LogP contribution is -2.48. The Kier molecular flexibility index (Phi) is 8.78. The van der Waals surface area contributed by atoms with Crippen LogP contribution in [0.1, 0.15) is 22.5 Å². The number of hydroxylamine groups is 1. The first-order valence-corrected chi connectivity index (χ1v) is 9.85. The predicted octanol–water partition coefficient (Wildman–Crippen LogP) is 3.00. The van der Waals surface area contributed by atoms with Gasteiger partial charge in [-0.3, -0.25) is 14.8 Å². The number of piperazine rings is 1. The number of carbonyl (C=O) groups is 2. The highest BCUT2D eigenvalue weighted by molar-refractivity contribution is 5.92. The molecule has 0 unspecified atom stereocenters. The molecule has 0 bridgehead atoms. The highest BCUT2D eigenvalue weighted by Gasteiger charge is 2.21. The first-order chi connectivity index (χ1) is 14.5. The van der Waals surface area contributed by atoms with E-state index in [2.05, 4.69) is 41.9 Å². The number of aryl methyl sites for hydroxylation is 2. The maximum Gasteiger partial charge on any atom is 0.267 e. The predicted molar refractivity (Wildman–Crippen MR) is 124 cm³/mol. The molecule has 1 aromatic carbocycles. The van der Waals surface area contributed by atoms with Crippen molar-refractivity contribution in [1.82, 2.24) is 15.4 Å². The number of amides is 2. The first-order valence-electron chi connectivity index (χ1n) is 9.85. The highest BCUT2D eigenvalue weighted by Crippen LogP contribution is 2.25. The van der Waals surface area contributed by atoms with Gasteiger partial charge in [0, 0.05) is 44.0 Å². The van der Waals surface area contributed by atoms with Gasteiger partial charge < -0.3 is 9.80 Å². The van der Waals surface area contributed by atoms with E-state index < -0.39 is 5.91 Å². The Morgan fingerprint density at radius 3 is 2.06 bits per heavy atom. The van der Waals surface area contributed by atoms with Crippen molar-refractivity contribution in [3.63, 3.8) is 0 Å². The Bertz CT molecular complexity index is 962. The van der Waals surface area contributed by atoms with Crippen molar-refractivity contribution in [3.8, 4) is 0 Å². The van der Waals surface area contributed by atoms with Gasteiger partial charge in [-0.05, 0) is 49.3 Å². The van der Waals surface area contributed by atoms with Gasteiger partial charge in [0.25, 0.3) is 5.91 Å². The molecule has 1 aliphatic rings. The monoisotopic (exact) mass is 442 g/mol. The van der Waals surface area contributed by atoms with Gasteiger partial charge in [0.1, 0.15) is 0 Å². The number of nitrogens with zero attached hydrogens (tertiary/aromatic N) is 3. The van der Waals surface area contributed by atoms with Crippen molar-refractivity contribution in [2.45, 2.75) is 13.8 Å². The molecule has 164 valence electrons. The quantitative estimate of drug-likeness (QED) is 0.422. The minimum atomic E-state index is -0.632. The van der Waals surface area contributed by atoms with Crippen molar-refractivity contribution >= 4 is 42.1 Å². The van der Waals surface area contributed by atoms with E-state index in [0.717, 1.165) is 13.1 Å². The largest absolute Gasteiger partial charge is 0.368 e. The first kappa shape index (κ1) is 24.1. The lowest BCUT2D eigenvalue weighted by atomic mass is 10.1. The zero-order valence-electron chi connectivity index (χ0n) is 17.6. The summed E-state index contributed by atoms with van der Waals surface area (Å²) in [6.45, 7) is 7.19. The van der Waals surface area contributed by atoms with Gasteiger partial charge in [-0.2, -0.15) is 0 Å². The summed E-state index contributed by atoms with van der Waals surface area (Å²) in [5.74, 6) is -0.675. The van der Waals surface area contributed by atoms with E-state index >= 15 is 0 Å². The number of carbonyl (C=O) groups excluding carboxylic acids is 2. The summed E-state index contributed by atoms with van der Waals surface area (Å²) < 4.78 is 0. The Morgan fingerprint density at radius 2 is 1.48 bits per heavy atom. The van der Waals surface area contributed by atoms with Crippen LogP contribution in [0.25, 0.3) is 12.2 Å². The van der Waals surface area contributed by atoms with Crippen molar-refractivity contribution in [2.24, 2.45) is 0 Å². The fourth-order valence-electron chi connectivity index (χ4n) is 3.57. The second-order valence-corrected chi connectivity index (χ2v) is 7.18. The van der Waals surface area contributed by atoms with E-state index in [1.165, 1.54) is 40.5 Å². The Morgan fingerprint density at radius 1 is 0.935 bits per heavy atom. The van der Waals surface area contributed by atoms with Crippen LogP contribution in [0.2, 0.25) is 0 Å². The molecule has 0 radical (unpaired) electrons. The van der Waals surface area contributed by atoms with Crippen LogP contribution >= 0.6 is 12.4 Å². The third-order valence-corrected chi connectivity index (χ3v) is 5.05. The number of para-hydroxylation sites is 1. The summed E-state index contributed by atoms with van der Waals surface area (Å²) in [4.78, 5) is 32.2. The van der Waals surface area contributed by atoms with Crippen molar-refractivity contribution in [2.75, 3.05) is 31.1 Å². The highest BCUT2D eigenvalue weighted by atomic mass is 35.5. The molecule has 2 heterocycles. The summed E-state index contributed by atoms with van der Waals surface area (Å²) in [6, 6.07) is 11.6. The molecular formula is C23H27ClN4O3. The molecule has 2 amide bonds. The zero-order chi connectivity index (χ0) is 21.5. The Labute approximate surface area is 188 Å². The van der Waals surface area contributed by atoms with Crippen LogP contribution in [0.4, 0.5) is 5.69 Å². The van der Waals surface area contributed by atoms with Gasteiger partial charge >= 0.3 is 0 Å². The number of rotatable bonds is 5. The average molecular weight is 443 g/mol. The Balaban J connectivity index is 0.00000341. The number of nitrogens with one attached hydrogen (secondary N) is 1. The molecule has 0 aliphatic carbocycles. The van der Waals surface area contributed by atoms with E-state index in [-0.39, 0.29) is 18.3 Å². The minimum absolute atomic E-state index is 0. The molecule has 1 aliphatic heterocycles. The summed E-state index contributed by atoms with van der Waals surface area (Å²) in [5, 5.41) is 8.52. The number of pyridine rings is 1. The van der Waals surface area contributed by atoms with E-state index in [1.54, 1.807) is 24.3 Å². The number of hydrogen-bond acceptors (Lipinski definition) is 5. The van der Waals surface area contributed by atoms with Gasteiger partial charge in [0.05, 0.1) is 11.4 Å². The van der Waals surface area contributed by atoms with Gasteiger partial charge in [-0.1, -0.05) is 24.3 Å². The third kappa shape index (κ3) is 6.41. The SMILES string of the molecule is Cc1cccc(C)c1N1CCN(C(=O)/C=C/c2cccc(/C=C/C(=O)NO)n2)CC1.Cl. The van der Waals surface area contributed by atoms with Crippen molar-refractivity contribution < 1.29 is 14.8 Å². The van der Waals surface area contributed by atoms with Crippen LogP contribution in [-0.4, -0.2) is 53.1 Å². The standard InChI is InChI=1S/C23H26N4O3.ClH/c1-17-5-3-6-18(2)23(17)27-15-13-26(14-16-27)22(29)12-10-20-8-4-7-19(24-20)9-11-21(28)25-30;/h3-12,30H,13-16H2,1-2H3,(H,25,28);1H/b11-9+,12-10+;. The summed E-state index contributed by atoms with van der Waals surface area (Å²) in [7, 11) is 0. The minimum Gasteiger partial charge on any atom is -0.368 e. The van der Waals surface area contributed by atoms with Crippen molar-refractivity contribution in [1.29, 1.82) is 0 Å². The molecule has 0 saturated carbocycles. The number of hydrogen-bond donors (Lipinski definition) is 2. The van der Waals surface area contributed by atoms with Crippen LogP contribution in [-0.2, 0) is 9.59 Å². The van der Waals surface area contributed by atoms with Gasteiger partial charge in [-0.25, -0.2) is 10.5 Å². The van der Waals surface area contributed by atoms with Crippen molar-refractivity contribution in [3.05, 3.63) is 71.1 Å². The van der Waals surface area contributed by atoms with Gasteiger partial charge in [-0.15, -0.1) is 12.4 Å². The molecule has 2 N–H and O–H groups in total. The molecule has 0 spiro atoms. The Hall–Kier alpha value is -3.16. The smallest absolute Gasteiger partial charge is 0.267 e. The average Bonchev–Trinajstić information content (AvgIpc) is 2.76. The molecule has 1 fully saturated rings. The van der Waals surface area contributed by atoms with Crippen LogP contribution in [0, 0.1) is 13.8 Å². The second-order valence-electron chi connectivity index (χ2n) is 7.18. The molecule has 1 saturated heterocycles. The van der Waals surface area contributed by atoms with Crippen LogP contribution in [0.5, 0.6) is 0 Å². The normalized spacial score (nSPS) is 14.0. The molecule has 3 rings (SSSR count). The zero-order valence-corrected chi connectivity index (χ0v) is 18.4. The van der Waals surface area contributed by atoms with Crippen LogP contribution < -0.4 is 10.4 Å². The number of benzene rings is 1. The molecule has 7 nitrogen and oxygen atoms in total. The van der Waals surface area contributed by atoms with E-state index in [0.29, 0.717) is 24.5 Å². The molecule has 0 atom stereocenters.